The molecule has 0 aliphatic heterocycles. The van der Waals surface area contributed by atoms with Crippen LogP contribution in [0.1, 0.15) is 19.3 Å². The molecule has 104 valence electrons. The molecule has 1 aromatic carbocycles. The number of amides is 2. The van der Waals surface area contributed by atoms with E-state index in [1.54, 1.807) is 18.2 Å². The summed E-state index contributed by atoms with van der Waals surface area (Å²) in [6.07, 6.45) is 1.31. The van der Waals surface area contributed by atoms with E-state index in [-0.39, 0.29) is 12.5 Å². The Morgan fingerprint density at radius 3 is 2.68 bits per heavy atom. The zero-order chi connectivity index (χ0) is 14.3. The number of urea groups is 1. The molecule has 0 spiro atoms. The van der Waals surface area contributed by atoms with E-state index < -0.39 is 5.97 Å². The normalized spacial score (nSPS) is 10.0. The Balaban J connectivity index is 2.29. The maximum absolute atomic E-state index is 11.6. The summed E-state index contributed by atoms with van der Waals surface area (Å²) in [6.45, 7) is 0.448. The maximum atomic E-state index is 11.6. The summed E-state index contributed by atoms with van der Waals surface area (Å²) in [6, 6.07) is 4.88. The predicted molar refractivity (Wildman–Crippen MR) is 82.7 cm³/mol. The van der Waals surface area contributed by atoms with Crippen LogP contribution in [-0.4, -0.2) is 23.7 Å². The van der Waals surface area contributed by atoms with Gasteiger partial charge in [-0.15, -0.1) is 0 Å². The van der Waals surface area contributed by atoms with Crippen LogP contribution in [0.25, 0.3) is 0 Å². The molecule has 1 aromatic rings. The largest absolute Gasteiger partial charge is 0.481 e. The molecule has 0 saturated carbocycles. The first-order valence-electron chi connectivity index (χ1n) is 5.70. The van der Waals surface area contributed by atoms with E-state index in [4.69, 9.17) is 16.7 Å². The molecule has 0 heterocycles. The van der Waals surface area contributed by atoms with Crippen molar-refractivity contribution in [3.8, 4) is 0 Å². The third-order valence-electron chi connectivity index (χ3n) is 2.28. The Hall–Kier alpha value is -1.02. The third-order valence-corrected chi connectivity index (χ3v) is 3.41. The first-order valence-corrected chi connectivity index (χ1v) is 7.16. The Morgan fingerprint density at radius 1 is 1.32 bits per heavy atom. The molecule has 0 aliphatic rings. The molecular weight excluding hydrogens is 382 g/mol. The molecule has 3 N–H and O–H groups in total. The standard InChI is InChI=1S/C12H14ClIN2O3/c13-8-4-5-10(9(14)7-8)16-12(19)15-6-2-1-3-11(17)18/h4-5,7H,1-3,6H2,(H,17,18)(H2,15,16,19). The van der Waals surface area contributed by atoms with Gasteiger partial charge in [-0.25, -0.2) is 4.79 Å². The van der Waals surface area contributed by atoms with Crippen LogP contribution in [0, 0.1) is 3.57 Å². The van der Waals surface area contributed by atoms with Crippen LogP contribution >= 0.6 is 34.2 Å². The van der Waals surface area contributed by atoms with E-state index in [2.05, 4.69) is 33.2 Å². The van der Waals surface area contributed by atoms with Crippen LogP contribution in [0.2, 0.25) is 5.02 Å². The van der Waals surface area contributed by atoms with E-state index in [0.29, 0.717) is 30.1 Å². The number of carboxylic acids is 1. The number of hydrogen-bond donors (Lipinski definition) is 3. The number of carbonyl (C=O) groups is 2. The summed E-state index contributed by atoms with van der Waals surface area (Å²) in [7, 11) is 0. The van der Waals surface area contributed by atoms with Gasteiger partial charge >= 0.3 is 12.0 Å². The summed E-state index contributed by atoms with van der Waals surface area (Å²) >= 11 is 7.90. The van der Waals surface area contributed by atoms with Gasteiger partial charge in [-0.05, 0) is 53.6 Å². The lowest BCUT2D eigenvalue weighted by Gasteiger charge is -2.09. The number of carboxylic acid groups (broad SMARTS) is 1. The minimum absolute atomic E-state index is 0.123. The van der Waals surface area contributed by atoms with Gasteiger partial charge in [0.05, 0.1) is 5.69 Å². The first-order chi connectivity index (χ1) is 8.99. The highest BCUT2D eigenvalue weighted by molar-refractivity contribution is 14.1. The average Bonchev–Trinajstić information content (AvgIpc) is 2.32. The number of unbranched alkanes of at least 4 members (excludes halogenated alkanes) is 1. The number of hydrogen-bond acceptors (Lipinski definition) is 2. The van der Waals surface area contributed by atoms with Gasteiger partial charge in [0.1, 0.15) is 0 Å². The maximum Gasteiger partial charge on any atom is 0.319 e. The van der Waals surface area contributed by atoms with Gasteiger partial charge in [0.25, 0.3) is 0 Å². The van der Waals surface area contributed by atoms with Crippen LogP contribution in [0.5, 0.6) is 0 Å². The van der Waals surface area contributed by atoms with Gasteiger partial charge in [0, 0.05) is 21.6 Å². The Labute approximate surface area is 129 Å². The molecule has 19 heavy (non-hydrogen) atoms. The van der Waals surface area contributed by atoms with Gasteiger partial charge in [-0.3, -0.25) is 4.79 Å². The second kappa shape index (κ2) is 8.21. The van der Waals surface area contributed by atoms with E-state index in [1.807, 2.05) is 0 Å². The summed E-state index contributed by atoms with van der Waals surface area (Å²) in [5.74, 6) is -0.819. The molecule has 0 aliphatic carbocycles. The van der Waals surface area contributed by atoms with Gasteiger partial charge < -0.3 is 15.7 Å². The molecule has 1 rings (SSSR count). The summed E-state index contributed by atoms with van der Waals surface area (Å²) < 4.78 is 0.853. The van der Waals surface area contributed by atoms with E-state index in [0.717, 1.165) is 3.57 Å². The van der Waals surface area contributed by atoms with Crippen molar-refractivity contribution in [2.45, 2.75) is 19.3 Å². The summed E-state index contributed by atoms with van der Waals surface area (Å²) in [4.78, 5) is 21.9. The minimum atomic E-state index is -0.819. The number of benzene rings is 1. The fourth-order valence-electron chi connectivity index (χ4n) is 1.36. The second-order valence-corrected chi connectivity index (χ2v) is 5.45. The van der Waals surface area contributed by atoms with Crippen molar-refractivity contribution in [3.05, 3.63) is 26.8 Å². The average molecular weight is 397 g/mol. The SMILES string of the molecule is O=C(O)CCCCNC(=O)Nc1ccc(Cl)cc1I. The molecule has 5 nitrogen and oxygen atoms in total. The number of rotatable bonds is 6. The molecule has 0 unspecified atom stereocenters. The zero-order valence-electron chi connectivity index (χ0n) is 10.1. The highest BCUT2D eigenvalue weighted by atomic mass is 127. The number of halogens is 2. The van der Waals surface area contributed by atoms with Crippen molar-refractivity contribution in [2.24, 2.45) is 0 Å². The number of aliphatic carboxylic acids is 1. The third kappa shape index (κ3) is 6.63. The lowest BCUT2D eigenvalue weighted by atomic mass is 10.2. The lowest BCUT2D eigenvalue weighted by Crippen LogP contribution is -2.29. The Bertz CT molecular complexity index is 468. The van der Waals surface area contributed by atoms with Gasteiger partial charge in [0.2, 0.25) is 0 Å². The Morgan fingerprint density at radius 2 is 2.05 bits per heavy atom. The van der Waals surface area contributed by atoms with Gasteiger partial charge in [0.15, 0.2) is 0 Å². The zero-order valence-corrected chi connectivity index (χ0v) is 13.0. The molecule has 2 amide bonds. The summed E-state index contributed by atoms with van der Waals surface area (Å²) in [5.41, 5.74) is 0.688. The number of carbonyl (C=O) groups excluding carboxylic acids is 1. The first kappa shape index (κ1) is 16.0. The van der Waals surface area contributed by atoms with E-state index >= 15 is 0 Å². The van der Waals surface area contributed by atoms with E-state index in [1.165, 1.54) is 0 Å². The monoisotopic (exact) mass is 396 g/mol. The molecular formula is C12H14ClIN2O3. The van der Waals surface area contributed by atoms with Crippen LogP contribution in [0.4, 0.5) is 10.5 Å². The molecule has 7 heteroatoms. The van der Waals surface area contributed by atoms with Gasteiger partial charge in [-0.2, -0.15) is 0 Å². The van der Waals surface area contributed by atoms with Crippen molar-refractivity contribution in [1.82, 2.24) is 5.32 Å². The van der Waals surface area contributed by atoms with Crippen LogP contribution in [0.3, 0.4) is 0 Å². The van der Waals surface area contributed by atoms with Crippen LogP contribution in [-0.2, 0) is 4.79 Å². The van der Waals surface area contributed by atoms with E-state index in [9.17, 15) is 9.59 Å². The fraction of sp³-hybridized carbons (Fsp3) is 0.333. The van der Waals surface area contributed by atoms with Crippen molar-refractivity contribution in [2.75, 3.05) is 11.9 Å². The van der Waals surface area contributed by atoms with Crippen molar-refractivity contribution >= 4 is 51.9 Å². The lowest BCUT2D eigenvalue weighted by molar-refractivity contribution is -0.137. The smallest absolute Gasteiger partial charge is 0.319 e. The number of anilines is 1. The molecule has 0 aromatic heterocycles. The topological polar surface area (TPSA) is 78.4 Å². The molecule has 0 bridgehead atoms. The molecule has 0 radical (unpaired) electrons. The van der Waals surface area contributed by atoms with Crippen molar-refractivity contribution < 1.29 is 14.7 Å². The fourth-order valence-corrected chi connectivity index (χ4v) is 2.37. The summed E-state index contributed by atoms with van der Waals surface area (Å²) in [5, 5.41) is 14.4. The Kier molecular flexibility index (Phi) is 6.93. The highest BCUT2D eigenvalue weighted by Crippen LogP contribution is 2.22. The minimum Gasteiger partial charge on any atom is -0.481 e. The second-order valence-electron chi connectivity index (χ2n) is 3.86. The molecule has 0 fully saturated rings. The van der Waals surface area contributed by atoms with Crippen LogP contribution < -0.4 is 10.6 Å². The van der Waals surface area contributed by atoms with Crippen molar-refractivity contribution in [1.29, 1.82) is 0 Å². The van der Waals surface area contributed by atoms with Crippen molar-refractivity contribution in [3.63, 3.8) is 0 Å². The quantitative estimate of drug-likeness (QED) is 0.510. The molecule has 0 saturated heterocycles. The molecule has 0 atom stereocenters. The van der Waals surface area contributed by atoms with Crippen LogP contribution in [0.15, 0.2) is 18.2 Å². The number of nitrogens with one attached hydrogen (secondary N) is 2. The highest BCUT2D eigenvalue weighted by Gasteiger charge is 2.05. The van der Waals surface area contributed by atoms with Gasteiger partial charge in [-0.1, -0.05) is 11.6 Å². The predicted octanol–water partition coefficient (Wildman–Crippen LogP) is 3.32.